The molecule has 1 atom stereocenters. The Labute approximate surface area is 147 Å². The second kappa shape index (κ2) is 8.11. The maximum Gasteiger partial charge on any atom is 0.241 e. The zero-order chi connectivity index (χ0) is 18.4. The number of carbonyl (C=O) groups is 1. The lowest BCUT2D eigenvalue weighted by Gasteiger charge is -2.15. The monoisotopic (exact) mass is 363 g/mol. The highest BCUT2D eigenvalue weighted by Gasteiger charge is 2.14. The van der Waals surface area contributed by atoms with Crippen molar-refractivity contribution in [1.29, 1.82) is 0 Å². The Morgan fingerprint density at radius 2 is 1.80 bits per heavy atom. The maximum absolute atomic E-state index is 12.3. The molecule has 0 spiro atoms. The molecule has 0 saturated heterocycles. The molecule has 0 heterocycles. The molecule has 0 radical (unpaired) electrons. The largest absolute Gasteiger partial charge is 0.495 e. The van der Waals surface area contributed by atoms with Crippen LogP contribution in [0, 0.1) is 0 Å². The minimum Gasteiger partial charge on any atom is -0.495 e. The van der Waals surface area contributed by atoms with E-state index in [9.17, 15) is 13.2 Å². The number of nitrogens with one attached hydrogen (secondary N) is 2. The molecule has 134 valence electrons. The Kier molecular flexibility index (Phi) is 6.13. The van der Waals surface area contributed by atoms with E-state index in [4.69, 9.17) is 9.88 Å². The van der Waals surface area contributed by atoms with E-state index in [1.54, 1.807) is 31.2 Å². The Balaban J connectivity index is 1.93. The zero-order valence-corrected chi connectivity index (χ0v) is 14.8. The molecule has 0 aliphatic rings. The zero-order valence-electron chi connectivity index (χ0n) is 14.0. The molecule has 8 heteroatoms. The summed E-state index contributed by atoms with van der Waals surface area (Å²) in [7, 11) is -2.16. The third-order valence-electron chi connectivity index (χ3n) is 3.62. The van der Waals surface area contributed by atoms with Crippen molar-refractivity contribution >= 4 is 21.6 Å². The second-order valence-electron chi connectivity index (χ2n) is 5.48. The molecular formula is C17H21N3O4S. The summed E-state index contributed by atoms with van der Waals surface area (Å²) in [6.45, 7) is 2.15. The van der Waals surface area contributed by atoms with Gasteiger partial charge >= 0.3 is 0 Å². The van der Waals surface area contributed by atoms with E-state index < -0.39 is 16.1 Å². The molecule has 0 aliphatic carbocycles. The van der Waals surface area contributed by atoms with Crippen LogP contribution in [0.5, 0.6) is 5.75 Å². The predicted molar refractivity (Wildman–Crippen MR) is 95.7 cm³/mol. The van der Waals surface area contributed by atoms with Crippen molar-refractivity contribution in [2.45, 2.75) is 24.4 Å². The third-order valence-corrected chi connectivity index (χ3v) is 4.55. The van der Waals surface area contributed by atoms with Gasteiger partial charge in [0.05, 0.1) is 23.7 Å². The van der Waals surface area contributed by atoms with Crippen molar-refractivity contribution in [3.05, 3.63) is 54.1 Å². The lowest BCUT2D eigenvalue weighted by molar-refractivity contribution is -0.117. The highest BCUT2D eigenvalue weighted by Crippen LogP contribution is 2.23. The molecule has 1 amide bonds. The molecule has 2 rings (SSSR count). The van der Waals surface area contributed by atoms with Crippen molar-refractivity contribution in [2.24, 2.45) is 5.14 Å². The van der Waals surface area contributed by atoms with Gasteiger partial charge < -0.3 is 15.4 Å². The third kappa shape index (κ3) is 5.28. The van der Waals surface area contributed by atoms with Crippen LogP contribution in [-0.2, 0) is 21.4 Å². The number of benzene rings is 2. The second-order valence-corrected chi connectivity index (χ2v) is 7.04. The van der Waals surface area contributed by atoms with Gasteiger partial charge in [0.15, 0.2) is 0 Å². The van der Waals surface area contributed by atoms with Gasteiger partial charge in [0.1, 0.15) is 5.75 Å². The van der Waals surface area contributed by atoms with Crippen molar-refractivity contribution < 1.29 is 17.9 Å². The molecule has 4 N–H and O–H groups in total. The van der Waals surface area contributed by atoms with E-state index in [0.717, 1.165) is 5.56 Å². The quantitative estimate of drug-likeness (QED) is 0.690. The molecule has 2 aromatic carbocycles. The SMILES string of the molecule is COc1ccccc1NC(=O)[C@@H](C)NCc1ccc(S(N)(=O)=O)cc1. The number of para-hydroxylation sites is 2. The van der Waals surface area contributed by atoms with Gasteiger partial charge in [0.2, 0.25) is 15.9 Å². The molecule has 0 saturated carbocycles. The summed E-state index contributed by atoms with van der Waals surface area (Å²) in [6, 6.07) is 12.9. The van der Waals surface area contributed by atoms with Crippen LogP contribution in [-0.4, -0.2) is 27.5 Å². The number of primary sulfonamides is 1. The van der Waals surface area contributed by atoms with Crippen LogP contribution in [0.15, 0.2) is 53.4 Å². The maximum atomic E-state index is 12.3. The highest BCUT2D eigenvalue weighted by molar-refractivity contribution is 7.89. The number of sulfonamides is 1. The normalized spacial score (nSPS) is 12.4. The summed E-state index contributed by atoms with van der Waals surface area (Å²) in [6.07, 6.45) is 0. The molecule has 0 unspecified atom stereocenters. The van der Waals surface area contributed by atoms with Crippen molar-refractivity contribution in [3.8, 4) is 5.75 Å². The fraction of sp³-hybridized carbons (Fsp3) is 0.235. The van der Waals surface area contributed by atoms with E-state index in [0.29, 0.717) is 18.0 Å². The number of nitrogens with two attached hydrogens (primary N) is 1. The molecule has 25 heavy (non-hydrogen) atoms. The number of amides is 1. The average molecular weight is 363 g/mol. The first-order valence-electron chi connectivity index (χ1n) is 7.60. The number of carbonyl (C=O) groups excluding carboxylic acids is 1. The number of hydrogen-bond donors (Lipinski definition) is 3. The average Bonchev–Trinajstić information content (AvgIpc) is 2.59. The molecule has 7 nitrogen and oxygen atoms in total. The minimum absolute atomic E-state index is 0.0539. The first-order valence-corrected chi connectivity index (χ1v) is 9.15. The Morgan fingerprint density at radius 3 is 2.40 bits per heavy atom. The van der Waals surface area contributed by atoms with Gasteiger partial charge in [-0.25, -0.2) is 13.6 Å². The van der Waals surface area contributed by atoms with E-state index in [2.05, 4.69) is 10.6 Å². The smallest absolute Gasteiger partial charge is 0.241 e. The van der Waals surface area contributed by atoms with Gasteiger partial charge in [-0.1, -0.05) is 24.3 Å². The number of ether oxygens (including phenoxy) is 1. The van der Waals surface area contributed by atoms with Crippen LogP contribution in [0.4, 0.5) is 5.69 Å². The Bertz CT molecular complexity index is 835. The topological polar surface area (TPSA) is 111 Å². The number of hydrogen-bond acceptors (Lipinski definition) is 5. The lowest BCUT2D eigenvalue weighted by Crippen LogP contribution is -2.37. The summed E-state index contributed by atoms with van der Waals surface area (Å²) in [5, 5.41) is 10.9. The van der Waals surface area contributed by atoms with Crippen LogP contribution in [0.1, 0.15) is 12.5 Å². The van der Waals surface area contributed by atoms with Crippen molar-refractivity contribution in [3.63, 3.8) is 0 Å². The van der Waals surface area contributed by atoms with Crippen molar-refractivity contribution in [1.82, 2.24) is 5.32 Å². The van der Waals surface area contributed by atoms with Crippen LogP contribution < -0.4 is 20.5 Å². The van der Waals surface area contributed by atoms with Gasteiger partial charge in [-0.15, -0.1) is 0 Å². The van der Waals surface area contributed by atoms with Gasteiger partial charge in [-0.05, 0) is 36.8 Å². The Morgan fingerprint density at radius 1 is 1.16 bits per heavy atom. The summed E-state index contributed by atoms with van der Waals surface area (Å²) in [5.41, 5.74) is 1.44. The van der Waals surface area contributed by atoms with E-state index in [1.807, 2.05) is 12.1 Å². The van der Waals surface area contributed by atoms with Gasteiger partial charge in [0.25, 0.3) is 0 Å². The molecule has 2 aromatic rings. The minimum atomic E-state index is -3.70. The summed E-state index contributed by atoms with van der Waals surface area (Å²) < 4.78 is 27.6. The lowest BCUT2D eigenvalue weighted by atomic mass is 10.2. The molecular weight excluding hydrogens is 342 g/mol. The van der Waals surface area contributed by atoms with E-state index in [1.165, 1.54) is 19.2 Å². The fourth-order valence-electron chi connectivity index (χ4n) is 2.15. The molecule has 0 bridgehead atoms. The fourth-order valence-corrected chi connectivity index (χ4v) is 2.66. The summed E-state index contributed by atoms with van der Waals surface area (Å²) in [4.78, 5) is 12.3. The molecule has 0 aliphatic heterocycles. The summed E-state index contributed by atoms with van der Waals surface area (Å²) >= 11 is 0. The van der Waals surface area contributed by atoms with Gasteiger partial charge in [-0.3, -0.25) is 4.79 Å². The van der Waals surface area contributed by atoms with Crippen molar-refractivity contribution in [2.75, 3.05) is 12.4 Å². The van der Waals surface area contributed by atoms with E-state index in [-0.39, 0.29) is 10.8 Å². The first-order chi connectivity index (χ1) is 11.8. The van der Waals surface area contributed by atoms with Gasteiger partial charge in [0, 0.05) is 6.54 Å². The first kappa shape index (κ1) is 18.9. The highest BCUT2D eigenvalue weighted by atomic mass is 32.2. The van der Waals surface area contributed by atoms with Crippen LogP contribution in [0.3, 0.4) is 0 Å². The molecule has 0 fully saturated rings. The summed E-state index contributed by atoms with van der Waals surface area (Å²) in [5.74, 6) is 0.382. The molecule has 0 aromatic heterocycles. The standard InChI is InChI=1S/C17H21N3O4S/c1-12(17(21)20-15-5-3-4-6-16(15)24-2)19-11-13-7-9-14(10-8-13)25(18,22)23/h3-10,12,19H,11H2,1-2H3,(H,20,21)(H2,18,22,23)/t12-/m1/s1. The van der Waals surface area contributed by atoms with Crippen LogP contribution in [0.25, 0.3) is 0 Å². The Hall–Kier alpha value is -2.42. The van der Waals surface area contributed by atoms with E-state index >= 15 is 0 Å². The predicted octanol–water partition coefficient (Wildman–Crippen LogP) is 1.46. The van der Waals surface area contributed by atoms with Gasteiger partial charge in [-0.2, -0.15) is 0 Å². The number of rotatable bonds is 7. The number of anilines is 1. The number of methoxy groups -OCH3 is 1. The van der Waals surface area contributed by atoms with Crippen LogP contribution in [0.2, 0.25) is 0 Å². The van der Waals surface area contributed by atoms with Crippen LogP contribution >= 0.6 is 0 Å².